The van der Waals surface area contributed by atoms with Crippen LogP contribution in [0, 0.1) is 11.7 Å². The van der Waals surface area contributed by atoms with E-state index in [4.69, 9.17) is 0 Å². The highest BCUT2D eigenvalue weighted by Gasteiger charge is 2.22. The Labute approximate surface area is 165 Å². The summed E-state index contributed by atoms with van der Waals surface area (Å²) in [6.07, 6.45) is 4.26. The largest absolute Gasteiger partial charge is 0.352 e. The molecule has 5 nitrogen and oxygen atoms in total. The van der Waals surface area contributed by atoms with Crippen molar-refractivity contribution in [1.29, 1.82) is 0 Å². The molecule has 1 fully saturated rings. The van der Waals surface area contributed by atoms with Crippen molar-refractivity contribution >= 4 is 17.6 Å². The van der Waals surface area contributed by atoms with Crippen molar-refractivity contribution in [3.8, 4) is 0 Å². The molecule has 0 spiro atoms. The molecule has 0 aromatic heterocycles. The van der Waals surface area contributed by atoms with Crippen molar-refractivity contribution in [2.45, 2.75) is 38.8 Å². The van der Waals surface area contributed by atoms with Gasteiger partial charge in [-0.2, -0.15) is 0 Å². The summed E-state index contributed by atoms with van der Waals surface area (Å²) in [4.78, 5) is 16.5. The first-order valence-corrected chi connectivity index (χ1v) is 9.73. The van der Waals surface area contributed by atoms with Gasteiger partial charge >= 0.3 is 0 Å². The van der Waals surface area contributed by atoms with Gasteiger partial charge < -0.3 is 16.0 Å². The van der Waals surface area contributed by atoms with Crippen LogP contribution >= 0.6 is 0 Å². The third-order valence-corrected chi connectivity index (χ3v) is 4.95. The standard InChI is InChI=1S/C22H27FN4O/c1-24-22(25-14-16-6-4-10-19(23)12-16)26-15-17-7-5-11-20(13-17)27-21(28)18-8-2-3-9-18/h4-7,10-13,18H,2-3,8-9,14-15H2,1H3,(H,27,28)(H2,24,25,26). The lowest BCUT2D eigenvalue weighted by Gasteiger charge is -2.14. The SMILES string of the molecule is CN=C(NCc1cccc(F)c1)NCc1cccc(NC(=O)C2CCCC2)c1. The summed E-state index contributed by atoms with van der Waals surface area (Å²) >= 11 is 0. The highest BCUT2D eigenvalue weighted by molar-refractivity contribution is 5.92. The Morgan fingerprint density at radius 3 is 2.32 bits per heavy atom. The molecular weight excluding hydrogens is 355 g/mol. The maximum Gasteiger partial charge on any atom is 0.227 e. The normalized spacial score (nSPS) is 14.7. The summed E-state index contributed by atoms with van der Waals surface area (Å²) in [5, 5.41) is 9.44. The van der Waals surface area contributed by atoms with Crippen molar-refractivity contribution in [2.24, 2.45) is 10.9 Å². The Morgan fingerprint density at radius 1 is 1.04 bits per heavy atom. The number of guanidine groups is 1. The molecule has 6 heteroatoms. The van der Waals surface area contributed by atoms with Crippen LogP contribution in [0.4, 0.5) is 10.1 Å². The van der Waals surface area contributed by atoms with Gasteiger partial charge in [-0.05, 0) is 48.2 Å². The Bertz CT molecular complexity index is 831. The smallest absolute Gasteiger partial charge is 0.227 e. The third kappa shape index (κ3) is 5.81. The van der Waals surface area contributed by atoms with Crippen molar-refractivity contribution in [3.63, 3.8) is 0 Å². The zero-order valence-electron chi connectivity index (χ0n) is 16.2. The van der Waals surface area contributed by atoms with E-state index >= 15 is 0 Å². The van der Waals surface area contributed by atoms with Crippen LogP contribution in [0.5, 0.6) is 0 Å². The van der Waals surface area contributed by atoms with Crippen LogP contribution in [0.2, 0.25) is 0 Å². The highest BCUT2D eigenvalue weighted by atomic mass is 19.1. The lowest BCUT2D eigenvalue weighted by Crippen LogP contribution is -2.36. The van der Waals surface area contributed by atoms with Gasteiger partial charge in [-0.1, -0.05) is 37.1 Å². The number of nitrogens with one attached hydrogen (secondary N) is 3. The van der Waals surface area contributed by atoms with Gasteiger partial charge in [0.1, 0.15) is 5.82 Å². The molecule has 1 aliphatic rings. The predicted octanol–water partition coefficient (Wildman–Crippen LogP) is 3.82. The first-order valence-electron chi connectivity index (χ1n) is 9.73. The summed E-state index contributed by atoms with van der Waals surface area (Å²) in [7, 11) is 1.69. The van der Waals surface area contributed by atoms with E-state index < -0.39 is 0 Å². The molecule has 0 radical (unpaired) electrons. The fraction of sp³-hybridized carbons (Fsp3) is 0.364. The maximum absolute atomic E-state index is 13.3. The van der Waals surface area contributed by atoms with Crippen LogP contribution in [0.3, 0.4) is 0 Å². The van der Waals surface area contributed by atoms with E-state index in [0.29, 0.717) is 19.0 Å². The topological polar surface area (TPSA) is 65.5 Å². The molecule has 0 atom stereocenters. The van der Waals surface area contributed by atoms with Crippen molar-refractivity contribution in [2.75, 3.05) is 12.4 Å². The molecule has 2 aromatic rings. The summed E-state index contributed by atoms with van der Waals surface area (Å²) in [5.41, 5.74) is 2.71. The van der Waals surface area contributed by atoms with E-state index in [1.165, 1.54) is 12.1 Å². The van der Waals surface area contributed by atoms with Gasteiger partial charge in [0, 0.05) is 31.7 Å². The Balaban J connectivity index is 1.50. The van der Waals surface area contributed by atoms with Crippen molar-refractivity contribution < 1.29 is 9.18 Å². The number of hydrogen-bond acceptors (Lipinski definition) is 2. The third-order valence-electron chi connectivity index (χ3n) is 4.95. The zero-order valence-corrected chi connectivity index (χ0v) is 16.2. The van der Waals surface area contributed by atoms with Crippen LogP contribution < -0.4 is 16.0 Å². The highest BCUT2D eigenvalue weighted by Crippen LogP contribution is 2.26. The number of benzene rings is 2. The number of amides is 1. The number of anilines is 1. The molecular formula is C22H27FN4O. The van der Waals surface area contributed by atoms with Gasteiger partial charge in [0.25, 0.3) is 0 Å². The summed E-state index contributed by atoms with van der Waals surface area (Å²) in [5.74, 6) is 0.645. The lowest BCUT2D eigenvalue weighted by atomic mass is 10.1. The van der Waals surface area contributed by atoms with Gasteiger partial charge in [0.05, 0.1) is 0 Å². The zero-order chi connectivity index (χ0) is 19.8. The summed E-state index contributed by atoms with van der Waals surface area (Å²) < 4.78 is 13.3. The monoisotopic (exact) mass is 382 g/mol. The van der Waals surface area contributed by atoms with Gasteiger partial charge in [-0.3, -0.25) is 9.79 Å². The Morgan fingerprint density at radius 2 is 1.68 bits per heavy atom. The van der Waals surface area contributed by atoms with Crippen LogP contribution in [-0.2, 0) is 17.9 Å². The first kappa shape index (κ1) is 19.9. The molecule has 0 aliphatic heterocycles. The number of nitrogens with zero attached hydrogens (tertiary/aromatic N) is 1. The minimum absolute atomic E-state index is 0.121. The van der Waals surface area contributed by atoms with E-state index in [1.54, 1.807) is 13.1 Å². The average molecular weight is 382 g/mol. The van der Waals surface area contributed by atoms with Crippen LogP contribution in [-0.4, -0.2) is 18.9 Å². The minimum Gasteiger partial charge on any atom is -0.352 e. The molecule has 0 saturated heterocycles. The van der Waals surface area contributed by atoms with E-state index in [9.17, 15) is 9.18 Å². The van der Waals surface area contributed by atoms with Gasteiger partial charge in [-0.25, -0.2) is 4.39 Å². The second-order valence-electron chi connectivity index (χ2n) is 7.08. The molecule has 0 heterocycles. The maximum atomic E-state index is 13.3. The number of halogens is 1. The van der Waals surface area contributed by atoms with Gasteiger partial charge in [0.2, 0.25) is 5.91 Å². The molecule has 1 amide bonds. The molecule has 28 heavy (non-hydrogen) atoms. The molecule has 148 valence electrons. The Hall–Kier alpha value is -2.89. The molecule has 3 rings (SSSR count). The van der Waals surface area contributed by atoms with Crippen LogP contribution in [0.1, 0.15) is 36.8 Å². The average Bonchev–Trinajstić information content (AvgIpc) is 3.23. The number of rotatable bonds is 6. The minimum atomic E-state index is -0.251. The van der Waals surface area contributed by atoms with Crippen molar-refractivity contribution in [1.82, 2.24) is 10.6 Å². The molecule has 1 saturated carbocycles. The summed E-state index contributed by atoms with van der Waals surface area (Å²) in [6, 6.07) is 14.3. The number of hydrogen-bond donors (Lipinski definition) is 3. The van der Waals surface area contributed by atoms with E-state index in [2.05, 4.69) is 20.9 Å². The number of aliphatic imine (C=N–C) groups is 1. The molecule has 3 N–H and O–H groups in total. The first-order chi connectivity index (χ1) is 13.6. The van der Waals surface area contributed by atoms with Crippen LogP contribution in [0.25, 0.3) is 0 Å². The summed E-state index contributed by atoms with van der Waals surface area (Å²) in [6.45, 7) is 1.05. The van der Waals surface area contributed by atoms with E-state index in [1.807, 2.05) is 30.3 Å². The Kier molecular flexibility index (Phi) is 7.00. The second kappa shape index (κ2) is 9.88. The van der Waals surface area contributed by atoms with Crippen molar-refractivity contribution in [3.05, 3.63) is 65.5 Å². The lowest BCUT2D eigenvalue weighted by molar-refractivity contribution is -0.119. The van der Waals surface area contributed by atoms with Crippen LogP contribution in [0.15, 0.2) is 53.5 Å². The van der Waals surface area contributed by atoms with E-state index in [0.717, 1.165) is 42.5 Å². The number of carbonyl (C=O) groups excluding carboxylic acids is 1. The fourth-order valence-corrected chi connectivity index (χ4v) is 3.43. The quantitative estimate of drug-likeness (QED) is 0.526. The second-order valence-corrected chi connectivity index (χ2v) is 7.08. The predicted molar refractivity (Wildman–Crippen MR) is 110 cm³/mol. The van der Waals surface area contributed by atoms with E-state index in [-0.39, 0.29) is 17.6 Å². The molecule has 2 aromatic carbocycles. The fourth-order valence-electron chi connectivity index (χ4n) is 3.43. The number of carbonyl (C=O) groups is 1. The van der Waals surface area contributed by atoms with Gasteiger partial charge in [0.15, 0.2) is 5.96 Å². The molecule has 0 unspecified atom stereocenters. The molecule has 1 aliphatic carbocycles. The molecule has 0 bridgehead atoms. The van der Waals surface area contributed by atoms with Gasteiger partial charge in [-0.15, -0.1) is 0 Å².